The van der Waals surface area contributed by atoms with E-state index in [1.165, 1.54) is 11.8 Å². The van der Waals surface area contributed by atoms with Gasteiger partial charge in [-0.1, -0.05) is 12.1 Å². The molecule has 2 heterocycles. The van der Waals surface area contributed by atoms with Gasteiger partial charge in [-0.25, -0.2) is 10.8 Å². The number of nitrogens with two attached hydrogens (primary N) is 1. The van der Waals surface area contributed by atoms with Gasteiger partial charge in [0.1, 0.15) is 6.33 Å². The molecule has 0 unspecified atom stereocenters. The summed E-state index contributed by atoms with van der Waals surface area (Å²) < 4.78 is 2.66. The second-order valence-electron chi connectivity index (χ2n) is 3.89. The lowest BCUT2D eigenvalue weighted by molar-refractivity contribution is 0.824. The van der Waals surface area contributed by atoms with Crippen molar-refractivity contribution in [2.24, 2.45) is 5.84 Å². The summed E-state index contributed by atoms with van der Waals surface area (Å²) >= 11 is 4.92. The van der Waals surface area contributed by atoms with Crippen molar-refractivity contribution in [1.29, 1.82) is 0 Å². The molecule has 3 aromatic rings. The molecule has 0 saturated carbocycles. The van der Waals surface area contributed by atoms with Crippen LogP contribution in [0.3, 0.4) is 0 Å². The summed E-state index contributed by atoms with van der Waals surface area (Å²) in [7, 11) is 0. The van der Waals surface area contributed by atoms with Crippen molar-refractivity contribution >= 4 is 33.6 Å². The van der Waals surface area contributed by atoms with Crippen LogP contribution < -0.4 is 11.3 Å². The third kappa shape index (κ3) is 3.20. The predicted molar refractivity (Wildman–Crippen MR) is 83.0 cm³/mol. The van der Waals surface area contributed by atoms with E-state index in [0.29, 0.717) is 17.1 Å². The maximum absolute atomic E-state index is 5.42. The number of imidazole rings is 1. The highest BCUT2D eigenvalue weighted by atomic mass is 79.9. The molecule has 106 valence electrons. The molecule has 0 spiro atoms. The van der Waals surface area contributed by atoms with Crippen LogP contribution in [-0.2, 0) is 0 Å². The van der Waals surface area contributed by atoms with Crippen LogP contribution in [0.4, 0.5) is 5.95 Å². The van der Waals surface area contributed by atoms with Crippen molar-refractivity contribution in [3.63, 3.8) is 0 Å². The van der Waals surface area contributed by atoms with Gasteiger partial charge in [0.15, 0.2) is 5.16 Å². The highest BCUT2D eigenvalue weighted by molar-refractivity contribution is 9.10. The number of nitrogens with one attached hydrogen (secondary N) is 1. The fraction of sp³-hybridized carbons (Fsp3) is 0. The Kier molecular flexibility index (Phi) is 4.13. The van der Waals surface area contributed by atoms with Gasteiger partial charge >= 0.3 is 0 Å². The standard InChI is InChI=1S/C12H10BrN7S/c13-8-3-1-2-4-9(8)21-12-17-10(19-14)16-11(18-12)20-6-5-15-7-20/h1-7H,14H2,(H,16,17,18,19). The monoisotopic (exact) mass is 363 g/mol. The topological polar surface area (TPSA) is 94.5 Å². The lowest BCUT2D eigenvalue weighted by atomic mass is 10.4. The minimum absolute atomic E-state index is 0.295. The van der Waals surface area contributed by atoms with E-state index in [1.54, 1.807) is 23.3 Å². The molecular formula is C12H10BrN7S. The summed E-state index contributed by atoms with van der Waals surface area (Å²) in [5, 5.41) is 0.536. The first-order valence-corrected chi connectivity index (χ1v) is 7.50. The van der Waals surface area contributed by atoms with Crippen LogP contribution in [0.1, 0.15) is 0 Å². The minimum Gasteiger partial charge on any atom is -0.292 e. The summed E-state index contributed by atoms with van der Waals surface area (Å²) in [4.78, 5) is 17.8. The van der Waals surface area contributed by atoms with Crippen molar-refractivity contribution in [1.82, 2.24) is 24.5 Å². The zero-order valence-corrected chi connectivity index (χ0v) is 13.0. The molecule has 0 fully saturated rings. The molecular weight excluding hydrogens is 354 g/mol. The van der Waals surface area contributed by atoms with E-state index in [-0.39, 0.29) is 0 Å². The Morgan fingerprint density at radius 2 is 2.05 bits per heavy atom. The smallest absolute Gasteiger partial charge is 0.242 e. The van der Waals surface area contributed by atoms with Crippen LogP contribution in [-0.4, -0.2) is 24.5 Å². The van der Waals surface area contributed by atoms with Gasteiger partial charge in [-0.15, -0.1) is 0 Å². The summed E-state index contributed by atoms with van der Waals surface area (Å²) in [6.07, 6.45) is 5.02. The van der Waals surface area contributed by atoms with Crippen LogP contribution in [0.25, 0.3) is 5.95 Å². The van der Waals surface area contributed by atoms with Crippen molar-refractivity contribution in [3.8, 4) is 5.95 Å². The third-order valence-corrected chi connectivity index (χ3v) is 4.40. The molecule has 0 amide bonds. The number of hydrogen-bond acceptors (Lipinski definition) is 7. The Labute approximate surface area is 133 Å². The third-order valence-electron chi connectivity index (χ3n) is 2.51. The number of aromatic nitrogens is 5. The molecule has 0 aliphatic heterocycles. The van der Waals surface area contributed by atoms with Crippen LogP contribution in [0, 0.1) is 0 Å². The predicted octanol–water partition coefficient (Wildman–Crippen LogP) is 2.26. The number of nitrogen functional groups attached to an aromatic ring is 1. The summed E-state index contributed by atoms with van der Waals surface area (Å²) in [5.41, 5.74) is 2.45. The van der Waals surface area contributed by atoms with Crippen LogP contribution in [0.2, 0.25) is 0 Å². The maximum Gasteiger partial charge on any atom is 0.242 e. The number of halogens is 1. The molecule has 0 bridgehead atoms. The Morgan fingerprint density at radius 3 is 2.76 bits per heavy atom. The van der Waals surface area contributed by atoms with Crippen LogP contribution in [0.15, 0.2) is 57.5 Å². The number of hydrogen-bond donors (Lipinski definition) is 2. The Balaban J connectivity index is 1.99. The van der Waals surface area contributed by atoms with E-state index in [2.05, 4.69) is 41.3 Å². The van der Waals surface area contributed by atoms with Crippen molar-refractivity contribution in [2.45, 2.75) is 10.1 Å². The second kappa shape index (κ2) is 6.20. The highest BCUT2D eigenvalue weighted by Crippen LogP contribution is 2.31. The molecule has 2 aromatic heterocycles. The fourth-order valence-electron chi connectivity index (χ4n) is 1.57. The highest BCUT2D eigenvalue weighted by Gasteiger charge is 2.10. The number of rotatable bonds is 4. The summed E-state index contributed by atoms with van der Waals surface area (Å²) in [6.45, 7) is 0. The molecule has 9 heteroatoms. The summed E-state index contributed by atoms with van der Waals surface area (Å²) in [5.74, 6) is 6.16. The molecule has 0 aliphatic carbocycles. The van der Waals surface area contributed by atoms with Crippen LogP contribution >= 0.6 is 27.7 Å². The number of anilines is 1. The Hall–Kier alpha value is -1.97. The largest absolute Gasteiger partial charge is 0.292 e. The average molecular weight is 364 g/mol. The quantitative estimate of drug-likeness (QED) is 0.542. The summed E-state index contributed by atoms with van der Waals surface area (Å²) in [6, 6.07) is 7.84. The Morgan fingerprint density at radius 1 is 1.19 bits per heavy atom. The average Bonchev–Trinajstić information content (AvgIpc) is 3.04. The van der Waals surface area contributed by atoms with Crippen molar-refractivity contribution < 1.29 is 0 Å². The van der Waals surface area contributed by atoms with Crippen molar-refractivity contribution in [3.05, 3.63) is 47.5 Å². The van der Waals surface area contributed by atoms with Gasteiger partial charge in [0.2, 0.25) is 11.9 Å². The lowest BCUT2D eigenvalue weighted by Gasteiger charge is -2.07. The molecule has 3 N–H and O–H groups in total. The maximum atomic E-state index is 5.42. The zero-order valence-electron chi connectivity index (χ0n) is 10.6. The van der Waals surface area contributed by atoms with E-state index >= 15 is 0 Å². The Bertz CT molecular complexity index is 747. The first-order valence-electron chi connectivity index (χ1n) is 5.89. The second-order valence-corrected chi connectivity index (χ2v) is 5.75. The van der Waals surface area contributed by atoms with E-state index < -0.39 is 0 Å². The number of benzene rings is 1. The van der Waals surface area contributed by atoms with Gasteiger partial charge in [-0.05, 0) is 39.8 Å². The van der Waals surface area contributed by atoms with Gasteiger partial charge in [0, 0.05) is 21.8 Å². The fourth-order valence-corrected chi connectivity index (χ4v) is 2.87. The SMILES string of the molecule is NNc1nc(Sc2ccccc2Br)nc(-n2ccnc2)n1. The molecule has 0 saturated heterocycles. The van der Waals surface area contributed by atoms with Gasteiger partial charge in [-0.3, -0.25) is 9.99 Å². The molecule has 1 aromatic carbocycles. The van der Waals surface area contributed by atoms with Gasteiger partial charge in [-0.2, -0.15) is 15.0 Å². The van der Waals surface area contributed by atoms with Gasteiger partial charge < -0.3 is 0 Å². The molecule has 7 nitrogen and oxygen atoms in total. The lowest BCUT2D eigenvalue weighted by Crippen LogP contribution is -2.13. The normalized spacial score (nSPS) is 10.6. The van der Waals surface area contributed by atoms with Gasteiger partial charge in [0.25, 0.3) is 0 Å². The van der Waals surface area contributed by atoms with E-state index in [9.17, 15) is 0 Å². The van der Waals surface area contributed by atoms with E-state index in [4.69, 9.17) is 5.84 Å². The minimum atomic E-state index is 0.295. The number of hydrazine groups is 1. The van der Waals surface area contributed by atoms with Gasteiger partial charge in [0.05, 0.1) is 0 Å². The van der Waals surface area contributed by atoms with E-state index in [1.807, 2.05) is 24.3 Å². The zero-order chi connectivity index (χ0) is 14.7. The molecule has 0 aliphatic rings. The molecule has 21 heavy (non-hydrogen) atoms. The first kappa shape index (κ1) is 14.0. The first-order chi connectivity index (χ1) is 10.3. The molecule has 3 rings (SSSR count). The van der Waals surface area contributed by atoms with E-state index in [0.717, 1.165) is 9.37 Å². The molecule has 0 atom stereocenters. The van der Waals surface area contributed by atoms with Crippen molar-refractivity contribution in [2.75, 3.05) is 5.43 Å². The van der Waals surface area contributed by atoms with Crippen LogP contribution in [0.5, 0.6) is 0 Å². The molecule has 0 radical (unpaired) electrons. The number of nitrogens with zero attached hydrogens (tertiary/aromatic N) is 5.